The minimum atomic E-state index is -0.403. The topological polar surface area (TPSA) is 24.9 Å². The molecule has 2 rings (SSSR count). The Hall–Kier alpha value is -1.13. The molecule has 17 heavy (non-hydrogen) atoms. The first-order valence-electron chi connectivity index (χ1n) is 4.91. The summed E-state index contributed by atoms with van der Waals surface area (Å²) in [5.74, 6) is 0.187. The van der Waals surface area contributed by atoms with Crippen LogP contribution in [0, 0.1) is 12.7 Å². The van der Waals surface area contributed by atoms with Crippen molar-refractivity contribution in [2.75, 3.05) is 5.32 Å². The molecule has 2 aromatic rings. The van der Waals surface area contributed by atoms with Crippen molar-refractivity contribution in [3.63, 3.8) is 0 Å². The fourth-order valence-electron chi connectivity index (χ4n) is 1.34. The van der Waals surface area contributed by atoms with E-state index in [2.05, 4.69) is 26.2 Å². The zero-order valence-electron chi connectivity index (χ0n) is 8.97. The number of aryl methyl sites for hydroxylation is 1. The van der Waals surface area contributed by atoms with Crippen molar-refractivity contribution in [3.05, 3.63) is 51.3 Å². The summed E-state index contributed by atoms with van der Waals surface area (Å²) in [6, 6.07) is 8.09. The van der Waals surface area contributed by atoms with Crippen molar-refractivity contribution in [3.8, 4) is 0 Å². The SMILES string of the molecule is Cc1nc(Nc2ccc(Cl)cc2F)ccc1Br. The fourth-order valence-corrected chi connectivity index (χ4v) is 1.72. The van der Waals surface area contributed by atoms with Crippen molar-refractivity contribution >= 4 is 39.0 Å². The van der Waals surface area contributed by atoms with Gasteiger partial charge in [0, 0.05) is 9.50 Å². The van der Waals surface area contributed by atoms with Crippen molar-refractivity contribution in [2.24, 2.45) is 0 Å². The molecule has 5 heteroatoms. The maximum Gasteiger partial charge on any atom is 0.148 e. The molecule has 1 N–H and O–H groups in total. The highest BCUT2D eigenvalue weighted by molar-refractivity contribution is 9.10. The van der Waals surface area contributed by atoms with Crippen LogP contribution in [0.2, 0.25) is 5.02 Å². The maximum atomic E-state index is 13.5. The molecule has 0 amide bonds. The summed E-state index contributed by atoms with van der Waals surface area (Å²) in [5, 5.41) is 3.27. The summed E-state index contributed by atoms with van der Waals surface area (Å²) in [4.78, 5) is 4.27. The average Bonchev–Trinajstić information content (AvgIpc) is 2.27. The van der Waals surface area contributed by atoms with E-state index in [-0.39, 0.29) is 0 Å². The van der Waals surface area contributed by atoms with Gasteiger partial charge < -0.3 is 5.32 Å². The van der Waals surface area contributed by atoms with Gasteiger partial charge in [0.2, 0.25) is 0 Å². The number of hydrogen-bond acceptors (Lipinski definition) is 2. The predicted octanol–water partition coefficient (Wildman–Crippen LogP) is 4.69. The molecule has 0 aliphatic heterocycles. The lowest BCUT2D eigenvalue weighted by molar-refractivity contribution is 0.632. The van der Waals surface area contributed by atoms with Gasteiger partial charge in [-0.25, -0.2) is 9.37 Å². The number of anilines is 2. The molecule has 0 aliphatic carbocycles. The van der Waals surface area contributed by atoms with Gasteiger partial charge in [-0.1, -0.05) is 11.6 Å². The van der Waals surface area contributed by atoms with Gasteiger partial charge in [-0.2, -0.15) is 0 Å². The van der Waals surface area contributed by atoms with Gasteiger partial charge in [-0.15, -0.1) is 0 Å². The number of nitrogens with zero attached hydrogens (tertiary/aromatic N) is 1. The molecule has 0 saturated carbocycles. The second-order valence-electron chi connectivity index (χ2n) is 3.51. The largest absolute Gasteiger partial charge is 0.338 e. The molecular weight excluding hydrogens is 307 g/mol. The molecule has 0 bridgehead atoms. The smallest absolute Gasteiger partial charge is 0.148 e. The highest BCUT2D eigenvalue weighted by Gasteiger charge is 2.05. The molecule has 1 aromatic heterocycles. The highest BCUT2D eigenvalue weighted by atomic mass is 79.9. The van der Waals surface area contributed by atoms with Crippen LogP contribution in [0.15, 0.2) is 34.8 Å². The van der Waals surface area contributed by atoms with Gasteiger partial charge >= 0.3 is 0 Å². The van der Waals surface area contributed by atoms with E-state index >= 15 is 0 Å². The van der Waals surface area contributed by atoms with Crippen LogP contribution in [0.5, 0.6) is 0 Å². The lowest BCUT2D eigenvalue weighted by atomic mass is 10.3. The van der Waals surface area contributed by atoms with Crippen molar-refractivity contribution < 1.29 is 4.39 Å². The van der Waals surface area contributed by atoms with Crippen LogP contribution < -0.4 is 5.32 Å². The minimum Gasteiger partial charge on any atom is -0.338 e. The summed E-state index contributed by atoms with van der Waals surface area (Å²) < 4.78 is 14.4. The average molecular weight is 316 g/mol. The third kappa shape index (κ3) is 2.96. The lowest BCUT2D eigenvalue weighted by Crippen LogP contribution is -1.97. The molecule has 2 nitrogen and oxygen atoms in total. The van der Waals surface area contributed by atoms with Crippen molar-refractivity contribution in [1.82, 2.24) is 4.98 Å². The van der Waals surface area contributed by atoms with Crippen LogP contribution in [0.1, 0.15) is 5.69 Å². The third-order valence-corrected chi connectivity index (χ3v) is 3.29. The Balaban J connectivity index is 2.28. The van der Waals surface area contributed by atoms with Crippen molar-refractivity contribution in [2.45, 2.75) is 6.92 Å². The first-order valence-corrected chi connectivity index (χ1v) is 6.08. The van der Waals surface area contributed by atoms with Gasteiger partial charge in [-0.3, -0.25) is 0 Å². The van der Waals surface area contributed by atoms with Crippen LogP contribution in [0.25, 0.3) is 0 Å². The fraction of sp³-hybridized carbons (Fsp3) is 0.0833. The predicted molar refractivity (Wildman–Crippen MR) is 71.4 cm³/mol. The lowest BCUT2D eigenvalue weighted by Gasteiger charge is -2.08. The second kappa shape index (κ2) is 5.02. The number of benzene rings is 1. The van der Waals surface area contributed by atoms with Crippen LogP contribution in [-0.2, 0) is 0 Å². The molecule has 0 fully saturated rings. The summed E-state index contributed by atoms with van der Waals surface area (Å²) in [7, 11) is 0. The Bertz CT molecular complexity index is 560. The monoisotopic (exact) mass is 314 g/mol. The van der Waals surface area contributed by atoms with Crippen LogP contribution in [0.4, 0.5) is 15.9 Å². The number of pyridine rings is 1. The first-order chi connectivity index (χ1) is 8.06. The molecule has 1 aromatic carbocycles. The van der Waals surface area contributed by atoms with E-state index in [9.17, 15) is 4.39 Å². The third-order valence-electron chi connectivity index (χ3n) is 2.22. The van der Waals surface area contributed by atoms with Gasteiger partial charge in [0.15, 0.2) is 0 Å². The quantitative estimate of drug-likeness (QED) is 0.869. The molecule has 88 valence electrons. The van der Waals surface area contributed by atoms with Gasteiger partial charge in [0.25, 0.3) is 0 Å². The van der Waals surface area contributed by atoms with Gasteiger partial charge in [-0.05, 0) is 53.2 Å². The Morgan fingerprint density at radius 3 is 2.71 bits per heavy atom. The number of hydrogen-bond donors (Lipinski definition) is 1. The number of halogens is 3. The Labute approximate surface area is 112 Å². The van der Waals surface area contributed by atoms with E-state index in [0.29, 0.717) is 16.5 Å². The minimum absolute atomic E-state index is 0.351. The summed E-state index contributed by atoms with van der Waals surface area (Å²) in [5.41, 5.74) is 1.19. The normalized spacial score (nSPS) is 10.4. The van der Waals surface area contributed by atoms with Crippen LogP contribution in [0.3, 0.4) is 0 Å². The molecule has 0 spiro atoms. The molecule has 0 unspecified atom stereocenters. The highest BCUT2D eigenvalue weighted by Crippen LogP contribution is 2.23. The van der Waals surface area contributed by atoms with Crippen LogP contribution >= 0.6 is 27.5 Å². The molecule has 0 saturated heterocycles. The van der Waals surface area contributed by atoms with Crippen LogP contribution in [-0.4, -0.2) is 4.98 Å². The van der Waals surface area contributed by atoms with E-state index in [1.807, 2.05) is 13.0 Å². The Kier molecular flexibility index (Phi) is 3.64. The summed E-state index contributed by atoms with van der Waals surface area (Å²) >= 11 is 9.03. The number of nitrogens with one attached hydrogen (secondary N) is 1. The van der Waals surface area contributed by atoms with E-state index in [1.165, 1.54) is 6.07 Å². The first kappa shape index (κ1) is 12.3. The van der Waals surface area contributed by atoms with E-state index in [0.717, 1.165) is 10.2 Å². The van der Waals surface area contributed by atoms with Gasteiger partial charge in [0.05, 0.1) is 11.4 Å². The molecule has 1 heterocycles. The number of rotatable bonds is 2. The zero-order chi connectivity index (χ0) is 12.4. The Morgan fingerprint density at radius 2 is 2.06 bits per heavy atom. The van der Waals surface area contributed by atoms with E-state index in [4.69, 9.17) is 11.6 Å². The zero-order valence-corrected chi connectivity index (χ0v) is 11.3. The van der Waals surface area contributed by atoms with E-state index in [1.54, 1.807) is 18.2 Å². The summed E-state index contributed by atoms with van der Waals surface area (Å²) in [6.07, 6.45) is 0. The summed E-state index contributed by atoms with van der Waals surface area (Å²) in [6.45, 7) is 1.87. The van der Waals surface area contributed by atoms with Gasteiger partial charge in [0.1, 0.15) is 11.6 Å². The second-order valence-corrected chi connectivity index (χ2v) is 4.80. The maximum absolute atomic E-state index is 13.5. The molecule has 0 atom stereocenters. The number of aromatic nitrogens is 1. The molecule has 0 radical (unpaired) electrons. The molecule has 0 aliphatic rings. The van der Waals surface area contributed by atoms with Crippen molar-refractivity contribution in [1.29, 1.82) is 0 Å². The molecular formula is C12H9BrClFN2. The van der Waals surface area contributed by atoms with E-state index < -0.39 is 5.82 Å². The Morgan fingerprint density at radius 1 is 1.29 bits per heavy atom. The standard InChI is InChI=1S/C12H9BrClFN2/c1-7-9(13)3-5-12(16-7)17-11-4-2-8(14)6-10(11)15/h2-6H,1H3,(H,16,17).